The summed E-state index contributed by atoms with van der Waals surface area (Å²) in [5.74, 6) is 1.62. The van der Waals surface area contributed by atoms with E-state index in [-0.39, 0.29) is 11.5 Å². The van der Waals surface area contributed by atoms with Gasteiger partial charge in [0.2, 0.25) is 0 Å². The normalized spacial score (nSPS) is 13.0. The predicted molar refractivity (Wildman–Crippen MR) is 103 cm³/mol. The van der Waals surface area contributed by atoms with Gasteiger partial charge in [0, 0.05) is 11.5 Å². The number of rotatable bonds is 4. The summed E-state index contributed by atoms with van der Waals surface area (Å²) < 4.78 is 3.54. The summed E-state index contributed by atoms with van der Waals surface area (Å²) in [5.41, 5.74) is 2.74. The highest BCUT2D eigenvalue weighted by Gasteiger charge is 2.22. The molecule has 0 aliphatic heterocycles. The molecule has 138 valence electrons. The van der Waals surface area contributed by atoms with E-state index < -0.39 is 0 Å². The number of nitrogens with one attached hydrogen (secondary N) is 1. The van der Waals surface area contributed by atoms with E-state index in [0.717, 1.165) is 28.5 Å². The zero-order valence-electron chi connectivity index (χ0n) is 15.8. The molecule has 0 aliphatic carbocycles. The van der Waals surface area contributed by atoms with Gasteiger partial charge in [-0.3, -0.25) is 0 Å². The minimum atomic E-state index is -0.131. The van der Waals surface area contributed by atoms with Crippen molar-refractivity contribution in [1.29, 1.82) is 0 Å². The van der Waals surface area contributed by atoms with Crippen LogP contribution in [0, 0.1) is 0 Å². The summed E-state index contributed by atoms with van der Waals surface area (Å²) in [6.07, 6.45) is 3.21. The molecule has 0 bridgehead atoms. The lowest BCUT2D eigenvalue weighted by atomic mass is 9.96. The van der Waals surface area contributed by atoms with Gasteiger partial charge in [0.1, 0.15) is 18.5 Å². The third kappa shape index (κ3) is 3.38. The van der Waals surface area contributed by atoms with Crippen LogP contribution in [0.2, 0.25) is 0 Å². The average Bonchev–Trinajstić information content (AvgIpc) is 3.31. The van der Waals surface area contributed by atoms with Crippen LogP contribution < -0.4 is 5.32 Å². The molecule has 3 heterocycles. The fourth-order valence-electron chi connectivity index (χ4n) is 2.90. The molecule has 1 atom stereocenters. The molecule has 0 fully saturated rings. The molecule has 1 aromatic carbocycles. The summed E-state index contributed by atoms with van der Waals surface area (Å²) in [6.45, 7) is 8.41. The molecule has 3 aromatic heterocycles. The van der Waals surface area contributed by atoms with Crippen molar-refractivity contribution in [3.63, 3.8) is 0 Å². The first kappa shape index (κ1) is 17.1. The van der Waals surface area contributed by atoms with Crippen molar-refractivity contribution in [3.8, 4) is 5.69 Å². The van der Waals surface area contributed by atoms with E-state index >= 15 is 0 Å². The number of benzene rings is 1. The van der Waals surface area contributed by atoms with Crippen LogP contribution in [0.3, 0.4) is 0 Å². The molecule has 27 heavy (non-hydrogen) atoms. The first-order valence-corrected chi connectivity index (χ1v) is 8.86. The van der Waals surface area contributed by atoms with Gasteiger partial charge in [0.15, 0.2) is 11.5 Å². The summed E-state index contributed by atoms with van der Waals surface area (Å²) in [4.78, 5) is 3.98. The van der Waals surface area contributed by atoms with E-state index in [2.05, 4.69) is 70.5 Å². The third-order valence-corrected chi connectivity index (χ3v) is 4.37. The number of nitrogens with zero attached hydrogens (tertiary/aromatic N) is 7. The van der Waals surface area contributed by atoms with Crippen molar-refractivity contribution in [2.75, 3.05) is 5.32 Å². The summed E-state index contributed by atoms with van der Waals surface area (Å²) >= 11 is 0. The van der Waals surface area contributed by atoms with Gasteiger partial charge < -0.3 is 5.32 Å². The van der Waals surface area contributed by atoms with Crippen molar-refractivity contribution < 1.29 is 0 Å². The first-order chi connectivity index (χ1) is 12.9. The molecule has 0 saturated carbocycles. The Hall–Kier alpha value is -3.29. The van der Waals surface area contributed by atoms with Gasteiger partial charge in [0.05, 0.1) is 5.69 Å². The molecule has 8 heteroatoms. The van der Waals surface area contributed by atoms with Crippen molar-refractivity contribution in [3.05, 3.63) is 60.4 Å². The molecule has 0 radical (unpaired) electrons. The lowest BCUT2D eigenvalue weighted by molar-refractivity contribution is 0.527. The number of anilines is 1. The Balaban J connectivity index is 1.56. The van der Waals surface area contributed by atoms with Crippen LogP contribution in [0.1, 0.15) is 45.1 Å². The summed E-state index contributed by atoms with van der Waals surface area (Å²) in [6, 6.07) is 12.1. The number of aromatic nitrogens is 7. The molecule has 1 unspecified atom stereocenters. The maximum Gasteiger partial charge on any atom is 0.178 e. The third-order valence-electron chi connectivity index (χ3n) is 4.37. The van der Waals surface area contributed by atoms with Crippen LogP contribution in [-0.4, -0.2) is 34.6 Å². The van der Waals surface area contributed by atoms with Gasteiger partial charge in [-0.05, 0) is 36.8 Å². The van der Waals surface area contributed by atoms with Crippen LogP contribution >= 0.6 is 0 Å². The maximum atomic E-state index is 4.68. The number of hydrogen-bond acceptors (Lipinski definition) is 6. The zero-order valence-corrected chi connectivity index (χ0v) is 15.8. The fourth-order valence-corrected chi connectivity index (χ4v) is 2.90. The number of fused-ring (bicyclic) bond motifs is 1. The van der Waals surface area contributed by atoms with Gasteiger partial charge in [-0.1, -0.05) is 32.9 Å². The molecule has 4 rings (SSSR count). The standard InChI is InChI=1S/C19H22N8/c1-13(14-5-7-15(8-6-14)26-12-20-11-21-26)22-16-9-10-17-23-24-18(19(2,3)4)27(17)25-16/h5-13H,1-4H3,(H,22,25). The molecule has 8 nitrogen and oxygen atoms in total. The van der Waals surface area contributed by atoms with Crippen LogP contribution in [0.4, 0.5) is 5.82 Å². The van der Waals surface area contributed by atoms with Crippen molar-refractivity contribution >= 4 is 11.5 Å². The van der Waals surface area contributed by atoms with E-state index in [1.54, 1.807) is 11.0 Å². The number of hydrogen-bond donors (Lipinski definition) is 1. The second-order valence-electron chi connectivity index (χ2n) is 7.56. The van der Waals surface area contributed by atoms with Gasteiger partial charge >= 0.3 is 0 Å². The van der Waals surface area contributed by atoms with Crippen molar-refractivity contribution in [1.82, 2.24) is 34.6 Å². The van der Waals surface area contributed by atoms with Crippen LogP contribution in [-0.2, 0) is 5.41 Å². The molecule has 0 spiro atoms. The van der Waals surface area contributed by atoms with Crippen molar-refractivity contribution in [2.24, 2.45) is 0 Å². The maximum absolute atomic E-state index is 4.68. The topological polar surface area (TPSA) is 85.8 Å². The van der Waals surface area contributed by atoms with Crippen molar-refractivity contribution in [2.45, 2.75) is 39.2 Å². The minimum Gasteiger partial charge on any atom is -0.362 e. The van der Waals surface area contributed by atoms with Gasteiger partial charge in [-0.25, -0.2) is 9.67 Å². The van der Waals surface area contributed by atoms with Gasteiger partial charge in [-0.2, -0.15) is 9.61 Å². The van der Waals surface area contributed by atoms with E-state index in [9.17, 15) is 0 Å². The Morgan fingerprint density at radius 2 is 1.78 bits per heavy atom. The van der Waals surface area contributed by atoms with E-state index in [1.807, 2.05) is 28.8 Å². The lowest BCUT2D eigenvalue weighted by Crippen LogP contribution is -2.18. The molecule has 0 amide bonds. The van der Waals surface area contributed by atoms with Gasteiger partial charge in [-0.15, -0.1) is 15.3 Å². The molecule has 4 aromatic rings. The molecular formula is C19H22N8. The van der Waals surface area contributed by atoms with Crippen LogP contribution in [0.25, 0.3) is 11.3 Å². The molecule has 0 saturated heterocycles. The molecular weight excluding hydrogens is 340 g/mol. The monoisotopic (exact) mass is 362 g/mol. The Bertz CT molecular complexity index is 1040. The van der Waals surface area contributed by atoms with E-state index in [4.69, 9.17) is 0 Å². The second-order valence-corrected chi connectivity index (χ2v) is 7.56. The SMILES string of the molecule is CC(Nc1ccc2nnc(C(C)(C)C)n2n1)c1ccc(-n2cncn2)cc1. The van der Waals surface area contributed by atoms with E-state index in [1.165, 1.54) is 6.33 Å². The zero-order chi connectivity index (χ0) is 19.0. The lowest BCUT2D eigenvalue weighted by Gasteiger charge is -2.17. The van der Waals surface area contributed by atoms with E-state index in [0.29, 0.717) is 0 Å². The van der Waals surface area contributed by atoms with Gasteiger partial charge in [0.25, 0.3) is 0 Å². The second kappa shape index (κ2) is 6.46. The Morgan fingerprint density at radius 3 is 2.44 bits per heavy atom. The quantitative estimate of drug-likeness (QED) is 0.600. The van der Waals surface area contributed by atoms with Crippen LogP contribution in [0.5, 0.6) is 0 Å². The Morgan fingerprint density at radius 1 is 1.00 bits per heavy atom. The van der Waals surface area contributed by atoms with Crippen LogP contribution in [0.15, 0.2) is 49.1 Å². The Kier molecular flexibility index (Phi) is 4.10. The summed E-state index contributed by atoms with van der Waals surface area (Å²) in [5, 5.41) is 20.8. The summed E-state index contributed by atoms with van der Waals surface area (Å²) in [7, 11) is 0. The Labute approximate surface area is 157 Å². The molecule has 1 N–H and O–H groups in total. The fraction of sp³-hybridized carbons (Fsp3) is 0.316. The highest BCUT2D eigenvalue weighted by atomic mass is 15.4. The highest BCUT2D eigenvalue weighted by molar-refractivity contribution is 5.46. The largest absolute Gasteiger partial charge is 0.362 e. The smallest absolute Gasteiger partial charge is 0.178 e. The highest BCUT2D eigenvalue weighted by Crippen LogP contribution is 2.23. The first-order valence-electron chi connectivity index (χ1n) is 8.86. The minimum absolute atomic E-state index is 0.0920. The molecule has 0 aliphatic rings. The predicted octanol–water partition coefficient (Wildman–Crippen LogP) is 3.18. The average molecular weight is 362 g/mol.